The fourth-order valence-corrected chi connectivity index (χ4v) is 2.25. The first-order chi connectivity index (χ1) is 11.0. The minimum atomic E-state index is -0.0557. The van der Waals surface area contributed by atoms with Crippen molar-refractivity contribution in [1.29, 1.82) is 0 Å². The van der Waals surface area contributed by atoms with Gasteiger partial charge in [0.15, 0.2) is 0 Å². The molecule has 0 aliphatic rings. The number of hydrogen-bond donors (Lipinski definition) is 0. The fraction of sp³-hybridized carbons (Fsp3) is 0.889. The van der Waals surface area contributed by atoms with Crippen LogP contribution in [0.1, 0.15) is 65.2 Å². The van der Waals surface area contributed by atoms with E-state index in [1.807, 2.05) is 0 Å². The van der Waals surface area contributed by atoms with Crippen molar-refractivity contribution in [3.8, 4) is 0 Å². The van der Waals surface area contributed by atoms with Gasteiger partial charge in [-0.15, -0.1) is 0 Å². The van der Waals surface area contributed by atoms with Gasteiger partial charge in [0.05, 0.1) is 0 Å². The predicted molar refractivity (Wildman–Crippen MR) is 94.4 cm³/mol. The summed E-state index contributed by atoms with van der Waals surface area (Å²) in [5.74, 6) is -0.111. The average molecular weight is 328 g/mol. The van der Waals surface area contributed by atoms with E-state index in [-0.39, 0.29) is 25.0 Å². The Morgan fingerprint density at radius 3 is 1.43 bits per heavy atom. The highest BCUT2D eigenvalue weighted by molar-refractivity contribution is 5.79. The van der Waals surface area contributed by atoms with Gasteiger partial charge in [-0.05, 0) is 12.8 Å². The molecule has 136 valence electrons. The summed E-state index contributed by atoms with van der Waals surface area (Å²) in [6.07, 6.45) is 9.14. The van der Waals surface area contributed by atoms with E-state index in [1.165, 1.54) is 25.7 Å². The molecule has 0 radical (unpaired) electrons. The van der Waals surface area contributed by atoms with Gasteiger partial charge in [0.25, 0.3) is 0 Å². The van der Waals surface area contributed by atoms with Gasteiger partial charge in [0.2, 0.25) is 11.8 Å². The van der Waals surface area contributed by atoms with Gasteiger partial charge in [-0.25, -0.2) is 0 Å². The van der Waals surface area contributed by atoms with Crippen LogP contribution in [0.25, 0.3) is 0 Å². The molecule has 0 bridgehead atoms. The van der Waals surface area contributed by atoms with Crippen LogP contribution in [0.2, 0.25) is 0 Å². The summed E-state index contributed by atoms with van der Waals surface area (Å²) in [6, 6.07) is 0. The lowest BCUT2D eigenvalue weighted by molar-refractivity contribution is -0.140. The van der Waals surface area contributed by atoms with E-state index in [4.69, 9.17) is 4.74 Å². The molecule has 0 aromatic rings. The quantitative estimate of drug-likeness (QED) is 0.460. The third kappa shape index (κ3) is 12.0. The van der Waals surface area contributed by atoms with Crippen molar-refractivity contribution >= 4 is 11.8 Å². The van der Waals surface area contributed by atoms with Gasteiger partial charge < -0.3 is 14.5 Å². The normalized spacial score (nSPS) is 10.6. The van der Waals surface area contributed by atoms with E-state index in [0.717, 1.165) is 38.8 Å². The molecule has 0 aromatic carbocycles. The summed E-state index contributed by atoms with van der Waals surface area (Å²) in [4.78, 5) is 27.1. The van der Waals surface area contributed by atoms with Crippen LogP contribution < -0.4 is 0 Å². The molecule has 23 heavy (non-hydrogen) atoms. The zero-order valence-corrected chi connectivity index (χ0v) is 15.6. The fourth-order valence-electron chi connectivity index (χ4n) is 2.25. The second-order valence-electron chi connectivity index (χ2n) is 6.24. The first-order valence-corrected chi connectivity index (χ1v) is 9.08. The molecule has 2 amide bonds. The minimum Gasteiger partial charge on any atom is -0.362 e. The second kappa shape index (κ2) is 14.5. The SMILES string of the molecule is CCCCCCN(C)C(=O)COCC(=O)N(C)CCCCCC. The van der Waals surface area contributed by atoms with Crippen LogP contribution in [0.5, 0.6) is 0 Å². The number of carbonyl (C=O) groups excluding carboxylic acids is 2. The number of amides is 2. The van der Waals surface area contributed by atoms with Gasteiger partial charge in [-0.1, -0.05) is 52.4 Å². The van der Waals surface area contributed by atoms with E-state index in [0.29, 0.717) is 0 Å². The molecule has 0 rings (SSSR count). The van der Waals surface area contributed by atoms with E-state index in [9.17, 15) is 9.59 Å². The Bertz CT molecular complexity index is 291. The monoisotopic (exact) mass is 328 g/mol. The summed E-state index contributed by atoms with van der Waals surface area (Å²) < 4.78 is 5.27. The molecule has 0 aromatic heterocycles. The highest BCUT2D eigenvalue weighted by Gasteiger charge is 2.12. The van der Waals surface area contributed by atoms with Crippen molar-refractivity contribution in [2.75, 3.05) is 40.4 Å². The summed E-state index contributed by atoms with van der Waals surface area (Å²) in [5.41, 5.74) is 0. The van der Waals surface area contributed by atoms with Crippen LogP contribution in [0.15, 0.2) is 0 Å². The van der Waals surface area contributed by atoms with Gasteiger partial charge in [-0.3, -0.25) is 9.59 Å². The van der Waals surface area contributed by atoms with Crippen molar-refractivity contribution in [3.05, 3.63) is 0 Å². The summed E-state index contributed by atoms with van der Waals surface area (Å²) in [5, 5.41) is 0. The van der Waals surface area contributed by atoms with Crippen LogP contribution in [-0.2, 0) is 14.3 Å². The molecule has 5 heteroatoms. The Hall–Kier alpha value is -1.10. The summed E-state index contributed by atoms with van der Waals surface area (Å²) >= 11 is 0. The maximum absolute atomic E-state index is 11.9. The number of hydrogen-bond acceptors (Lipinski definition) is 3. The zero-order chi connectivity index (χ0) is 17.5. The first kappa shape index (κ1) is 21.9. The largest absolute Gasteiger partial charge is 0.362 e. The van der Waals surface area contributed by atoms with Gasteiger partial charge in [-0.2, -0.15) is 0 Å². The Labute approximate surface area is 142 Å². The van der Waals surface area contributed by atoms with E-state index >= 15 is 0 Å². The number of nitrogens with zero attached hydrogens (tertiary/aromatic N) is 2. The molecule has 0 aliphatic carbocycles. The van der Waals surface area contributed by atoms with Crippen molar-refractivity contribution in [3.63, 3.8) is 0 Å². The highest BCUT2D eigenvalue weighted by atomic mass is 16.5. The Morgan fingerprint density at radius 2 is 1.09 bits per heavy atom. The predicted octanol–water partition coefficient (Wildman–Crippen LogP) is 3.08. The lowest BCUT2D eigenvalue weighted by atomic mass is 10.2. The molecule has 0 heterocycles. The standard InChI is InChI=1S/C18H36N2O3/c1-5-7-9-11-13-19(3)17(21)15-23-16-18(22)20(4)14-12-10-8-6-2/h5-16H2,1-4H3. The lowest BCUT2D eigenvalue weighted by Crippen LogP contribution is -2.35. The van der Waals surface area contributed by atoms with E-state index < -0.39 is 0 Å². The Morgan fingerprint density at radius 1 is 0.696 bits per heavy atom. The molecule has 0 unspecified atom stereocenters. The second-order valence-corrected chi connectivity index (χ2v) is 6.24. The molecule has 0 spiro atoms. The number of ether oxygens (including phenoxy) is 1. The third-order valence-corrected chi connectivity index (χ3v) is 4.00. The van der Waals surface area contributed by atoms with Crippen molar-refractivity contribution in [2.24, 2.45) is 0 Å². The molecular formula is C18H36N2O3. The van der Waals surface area contributed by atoms with Crippen LogP contribution >= 0.6 is 0 Å². The number of unbranched alkanes of at least 4 members (excludes halogenated alkanes) is 6. The smallest absolute Gasteiger partial charge is 0.248 e. The molecular weight excluding hydrogens is 292 g/mol. The van der Waals surface area contributed by atoms with Crippen LogP contribution in [0, 0.1) is 0 Å². The lowest BCUT2D eigenvalue weighted by Gasteiger charge is -2.19. The zero-order valence-electron chi connectivity index (χ0n) is 15.6. The van der Waals surface area contributed by atoms with Gasteiger partial charge in [0.1, 0.15) is 13.2 Å². The maximum atomic E-state index is 11.9. The van der Waals surface area contributed by atoms with Gasteiger partial charge in [0, 0.05) is 27.2 Å². The van der Waals surface area contributed by atoms with Crippen LogP contribution in [-0.4, -0.2) is 62.0 Å². The van der Waals surface area contributed by atoms with E-state index in [1.54, 1.807) is 23.9 Å². The minimum absolute atomic E-state index is 0.0142. The molecule has 0 saturated carbocycles. The van der Waals surface area contributed by atoms with Crippen LogP contribution in [0.3, 0.4) is 0 Å². The van der Waals surface area contributed by atoms with Crippen molar-refractivity contribution in [2.45, 2.75) is 65.2 Å². The molecule has 0 saturated heterocycles. The van der Waals surface area contributed by atoms with Crippen molar-refractivity contribution in [1.82, 2.24) is 9.80 Å². The first-order valence-electron chi connectivity index (χ1n) is 9.08. The number of carbonyl (C=O) groups is 2. The third-order valence-electron chi connectivity index (χ3n) is 4.00. The molecule has 0 atom stereocenters. The Balaban J connectivity index is 3.73. The van der Waals surface area contributed by atoms with Crippen LogP contribution in [0.4, 0.5) is 0 Å². The maximum Gasteiger partial charge on any atom is 0.248 e. The van der Waals surface area contributed by atoms with Gasteiger partial charge >= 0.3 is 0 Å². The number of rotatable bonds is 14. The number of likely N-dealkylation sites (N-methyl/N-ethyl adjacent to an activating group) is 2. The molecule has 5 nitrogen and oxygen atoms in total. The topological polar surface area (TPSA) is 49.9 Å². The highest BCUT2D eigenvalue weighted by Crippen LogP contribution is 2.02. The summed E-state index contributed by atoms with van der Waals surface area (Å²) in [6.45, 7) is 5.82. The Kier molecular flexibility index (Phi) is 13.8. The molecule has 0 fully saturated rings. The van der Waals surface area contributed by atoms with Crippen molar-refractivity contribution < 1.29 is 14.3 Å². The molecule has 0 N–H and O–H groups in total. The summed E-state index contributed by atoms with van der Waals surface area (Å²) in [7, 11) is 3.58. The van der Waals surface area contributed by atoms with E-state index in [2.05, 4.69) is 13.8 Å². The average Bonchev–Trinajstić information content (AvgIpc) is 2.54. The molecule has 0 aliphatic heterocycles.